The molecule has 0 bridgehead atoms. The zero-order valence-corrected chi connectivity index (χ0v) is 14.0. The molecule has 2 rings (SSSR count). The first kappa shape index (κ1) is 20.1. The number of rotatable bonds is 4. The van der Waals surface area contributed by atoms with Crippen molar-refractivity contribution in [2.45, 2.75) is 25.0 Å². The molecule has 0 aliphatic carbocycles. The Balaban J connectivity index is 0.00000200. The highest BCUT2D eigenvalue weighted by atomic mass is 35.5. The molecule has 1 N–H and O–H groups in total. The predicted octanol–water partition coefficient (Wildman–Crippen LogP) is 1.65. The Morgan fingerprint density at radius 3 is 2.43 bits per heavy atom. The Morgan fingerprint density at radius 1 is 1.33 bits per heavy atom. The second kappa shape index (κ2) is 9.20. The molecule has 7 heteroatoms. The maximum atomic E-state index is 12.6. The van der Waals surface area contributed by atoms with Gasteiger partial charge in [-0.25, -0.2) is 0 Å². The molecule has 2 heterocycles. The van der Waals surface area contributed by atoms with E-state index >= 15 is 0 Å². The topological polar surface area (TPSA) is 54.5 Å². The monoisotopic (exact) mass is 335 g/mol. The van der Waals surface area contributed by atoms with Crippen LogP contribution < -0.4 is 5.32 Å². The van der Waals surface area contributed by atoms with E-state index in [1.807, 2.05) is 19.2 Å². The minimum absolute atomic E-state index is 0. The minimum Gasteiger partial charge on any atom is -0.368 e. The molecule has 1 saturated heterocycles. The Labute approximate surface area is 138 Å². The average molecular weight is 336 g/mol. The van der Waals surface area contributed by atoms with Gasteiger partial charge in [0.05, 0.1) is 0 Å². The third kappa shape index (κ3) is 4.81. The lowest BCUT2D eigenvalue weighted by molar-refractivity contribution is -0.157. The maximum absolute atomic E-state index is 12.6. The van der Waals surface area contributed by atoms with Crippen LogP contribution in [0.4, 0.5) is 0 Å². The summed E-state index contributed by atoms with van der Waals surface area (Å²) < 4.78 is 5.56. The van der Waals surface area contributed by atoms with Crippen LogP contribution in [0.3, 0.4) is 0 Å². The van der Waals surface area contributed by atoms with Gasteiger partial charge < -0.3 is 15.0 Å². The average Bonchev–Trinajstić information content (AvgIpc) is 2.48. The fourth-order valence-electron chi connectivity index (χ4n) is 2.52. The fraction of sp³-hybridized carbons (Fsp3) is 0.571. The molecule has 5 nitrogen and oxygen atoms in total. The Kier molecular flexibility index (Phi) is 8.82. The summed E-state index contributed by atoms with van der Waals surface area (Å²) in [6.45, 7) is 2.23. The molecule has 21 heavy (non-hydrogen) atoms. The van der Waals surface area contributed by atoms with Crippen LogP contribution in [-0.4, -0.2) is 48.6 Å². The first-order chi connectivity index (χ1) is 9.18. The number of aromatic nitrogens is 1. The number of hydrogen-bond acceptors (Lipinski definition) is 4. The number of piperidine rings is 1. The van der Waals surface area contributed by atoms with Crippen LogP contribution in [0.15, 0.2) is 24.5 Å². The van der Waals surface area contributed by atoms with Gasteiger partial charge in [-0.05, 0) is 43.6 Å². The highest BCUT2D eigenvalue weighted by molar-refractivity contribution is 5.86. The number of hydrogen-bond donors (Lipinski definition) is 1. The van der Waals surface area contributed by atoms with Crippen LogP contribution >= 0.6 is 24.8 Å². The van der Waals surface area contributed by atoms with Crippen molar-refractivity contribution in [1.82, 2.24) is 15.2 Å². The van der Waals surface area contributed by atoms with Crippen molar-refractivity contribution in [3.05, 3.63) is 30.1 Å². The number of nitrogens with zero attached hydrogens (tertiary/aromatic N) is 2. The summed E-state index contributed by atoms with van der Waals surface area (Å²) in [6, 6.07) is 3.84. The van der Waals surface area contributed by atoms with Crippen molar-refractivity contribution in [2.75, 3.05) is 27.2 Å². The van der Waals surface area contributed by atoms with Crippen molar-refractivity contribution in [2.24, 2.45) is 0 Å². The number of methoxy groups -OCH3 is 1. The summed E-state index contributed by atoms with van der Waals surface area (Å²) >= 11 is 0. The molecule has 1 fully saturated rings. The first-order valence-corrected chi connectivity index (χ1v) is 6.58. The number of carbonyl (C=O) groups excluding carboxylic acids is 1. The molecule has 1 aliphatic heterocycles. The van der Waals surface area contributed by atoms with E-state index in [0.29, 0.717) is 6.54 Å². The van der Waals surface area contributed by atoms with Gasteiger partial charge in [-0.1, -0.05) is 0 Å². The van der Waals surface area contributed by atoms with E-state index in [1.165, 1.54) is 0 Å². The third-order valence-electron chi connectivity index (χ3n) is 3.71. The lowest BCUT2D eigenvalue weighted by Crippen LogP contribution is -2.54. The number of carbonyl (C=O) groups is 1. The van der Waals surface area contributed by atoms with Gasteiger partial charge in [0.25, 0.3) is 5.91 Å². The fourth-order valence-corrected chi connectivity index (χ4v) is 2.52. The molecule has 120 valence electrons. The predicted molar refractivity (Wildman–Crippen MR) is 87.1 cm³/mol. The van der Waals surface area contributed by atoms with Gasteiger partial charge in [0.1, 0.15) is 5.60 Å². The van der Waals surface area contributed by atoms with Gasteiger partial charge in [0.2, 0.25) is 0 Å². The highest BCUT2D eigenvalue weighted by Gasteiger charge is 2.41. The zero-order chi connectivity index (χ0) is 13.7. The summed E-state index contributed by atoms with van der Waals surface area (Å²) in [6.07, 6.45) is 4.93. The van der Waals surface area contributed by atoms with Crippen LogP contribution in [0.2, 0.25) is 0 Å². The van der Waals surface area contributed by atoms with E-state index in [-0.39, 0.29) is 30.7 Å². The van der Waals surface area contributed by atoms with Crippen LogP contribution in [0, 0.1) is 0 Å². The van der Waals surface area contributed by atoms with E-state index in [4.69, 9.17) is 4.74 Å². The van der Waals surface area contributed by atoms with Gasteiger partial charge in [-0.3, -0.25) is 9.78 Å². The number of nitrogens with one attached hydrogen (secondary N) is 1. The van der Waals surface area contributed by atoms with Crippen LogP contribution in [-0.2, 0) is 16.1 Å². The molecular formula is C14H23Cl2N3O2. The van der Waals surface area contributed by atoms with Gasteiger partial charge in [0.15, 0.2) is 0 Å². The van der Waals surface area contributed by atoms with Gasteiger partial charge in [-0.15, -0.1) is 24.8 Å². The third-order valence-corrected chi connectivity index (χ3v) is 3.71. The largest absolute Gasteiger partial charge is 0.368 e. The Bertz CT molecular complexity index is 425. The Hall–Kier alpha value is -0.880. The molecular weight excluding hydrogens is 313 g/mol. The summed E-state index contributed by atoms with van der Waals surface area (Å²) in [4.78, 5) is 18.3. The summed E-state index contributed by atoms with van der Waals surface area (Å²) in [5, 5.41) is 3.26. The van der Waals surface area contributed by atoms with Gasteiger partial charge >= 0.3 is 0 Å². The minimum atomic E-state index is -0.660. The molecule has 1 aromatic heterocycles. The molecule has 0 aromatic carbocycles. The lowest BCUT2D eigenvalue weighted by atomic mass is 9.90. The summed E-state index contributed by atoms with van der Waals surface area (Å²) in [5.74, 6) is 0.0633. The highest BCUT2D eigenvalue weighted by Crippen LogP contribution is 2.25. The number of amides is 1. The number of ether oxygens (including phenoxy) is 1. The van der Waals surface area contributed by atoms with Gasteiger partial charge in [0, 0.05) is 33.1 Å². The molecule has 0 spiro atoms. The SMILES string of the molecule is COC1(C(=O)N(C)Cc2ccncc2)CCNCC1.Cl.Cl. The van der Waals surface area contributed by atoms with Crippen LogP contribution in [0.25, 0.3) is 0 Å². The Morgan fingerprint density at radius 2 is 1.90 bits per heavy atom. The van der Waals surface area contributed by atoms with Crippen molar-refractivity contribution >= 4 is 30.7 Å². The van der Waals surface area contributed by atoms with E-state index in [0.717, 1.165) is 31.5 Å². The van der Waals surface area contributed by atoms with E-state index in [2.05, 4.69) is 10.3 Å². The summed E-state index contributed by atoms with van der Waals surface area (Å²) in [7, 11) is 3.45. The normalized spacial score (nSPS) is 16.3. The number of likely N-dealkylation sites (N-methyl/N-ethyl adjacent to an activating group) is 1. The molecule has 0 atom stereocenters. The zero-order valence-electron chi connectivity index (χ0n) is 12.4. The van der Waals surface area contributed by atoms with Gasteiger partial charge in [-0.2, -0.15) is 0 Å². The molecule has 1 amide bonds. The van der Waals surface area contributed by atoms with Crippen molar-refractivity contribution in [3.63, 3.8) is 0 Å². The molecule has 0 unspecified atom stereocenters. The van der Waals surface area contributed by atoms with Crippen molar-refractivity contribution < 1.29 is 9.53 Å². The van der Waals surface area contributed by atoms with E-state index in [9.17, 15) is 4.79 Å². The first-order valence-electron chi connectivity index (χ1n) is 6.58. The standard InChI is InChI=1S/C14H21N3O2.2ClH/c1-17(11-12-3-7-15-8-4-12)13(18)14(19-2)5-9-16-10-6-14;;/h3-4,7-8,16H,5-6,9-11H2,1-2H3;2*1H. The van der Waals surface area contributed by atoms with Crippen LogP contribution in [0.5, 0.6) is 0 Å². The molecule has 1 aliphatic rings. The smallest absolute Gasteiger partial charge is 0.254 e. The number of pyridine rings is 1. The lowest BCUT2D eigenvalue weighted by Gasteiger charge is -2.37. The summed E-state index contributed by atoms with van der Waals surface area (Å²) in [5.41, 5.74) is 0.415. The number of halogens is 2. The quantitative estimate of drug-likeness (QED) is 0.909. The maximum Gasteiger partial charge on any atom is 0.254 e. The second-order valence-corrected chi connectivity index (χ2v) is 4.97. The van der Waals surface area contributed by atoms with E-state index in [1.54, 1.807) is 24.4 Å². The van der Waals surface area contributed by atoms with E-state index < -0.39 is 5.60 Å². The molecule has 1 aromatic rings. The second-order valence-electron chi connectivity index (χ2n) is 4.97. The molecule has 0 saturated carbocycles. The van der Waals surface area contributed by atoms with Crippen molar-refractivity contribution in [1.29, 1.82) is 0 Å². The van der Waals surface area contributed by atoms with Crippen molar-refractivity contribution in [3.8, 4) is 0 Å². The van der Waals surface area contributed by atoms with Crippen LogP contribution in [0.1, 0.15) is 18.4 Å². The molecule has 0 radical (unpaired) electrons.